The van der Waals surface area contributed by atoms with Gasteiger partial charge in [0, 0.05) is 28.0 Å². The van der Waals surface area contributed by atoms with Gasteiger partial charge in [-0.15, -0.1) is 0 Å². The zero-order chi connectivity index (χ0) is 20.2. The lowest BCUT2D eigenvalue weighted by Gasteiger charge is -2.46. The summed E-state index contributed by atoms with van der Waals surface area (Å²) in [7, 11) is 0. The molecule has 1 saturated heterocycles. The van der Waals surface area contributed by atoms with E-state index in [4.69, 9.17) is 10.5 Å². The highest BCUT2D eigenvalue weighted by Gasteiger charge is 2.59. The Morgan fingerprint density at radius 1 is 1.25 bits per heavy atom. The van der Waals surface area contributed by atoms with Gasteiger partial charge in [-0.2, -0.15) is 0 Å². The number of aliphatic hydroxyl groups excluding tert-OH is 1. The summed E-state index contributed by atoms with van der Waals surface area (Å²) in [6, 6.07) is 10.7. The highest BCUT2D eigenvalue weighted by atomic mass is 16.5. The van der Waals surface area contributed by atoms with Crippen LogP contribution in [0.1, 0.15) is 13.8 Å². The van der Waals surface area contributed by atoms with Crippen LogP contribution in [0.5, 0.6) is 5.75 Å². The predicted octanol–water partition coefficient (Wildman–Crippen LogP) is 2.00. The summed E-state index contributed by atoms with van der Waals surface area (Å²) in [5.74, 6) is -1.71. The fraction of sp³-hybridized carbons (Fsp3) is 0.333. The van der Waals surface area contributed by atoms with Crippen LogP contribution < -0.4 is 10.5 Å². The number of ether oxygens (including phenoxy) is 1. The maximum absolute atomic E-state index is 12.4. The normalized spacial score (nSPS) is 24.9. The van der Waals surface area contributed by atoms with E-state index in [0.29, 0.717) is 17.0 Å². The van der Waals surface area contributed by atoms with Gasteiger partial charge in [0.25, 0.3) is 0 Å². The van der Waals surface area contributed by atoms with E-state index >= 15 is 0 Å². The van der Waals surface area contributed by atoms with Crippen molar-refractivity contribution < 1.29 is 24.5 Å². The SMILES string of the molecule is C[C@@H](O)[C@H]1C(=O)N2C(C(=O)O)=C(COc3cccc4c(N)cccc34)[C@H](C)[C@H]12. The largest absolute Gasteiger partial charge is 0.488 e. The number of aliphatic carboxylic acids is 1. The molecule has 2 aromatic carbocycles. The smallest absolute Gasteiger partial charge is 0.352 e. The number of benzene rings is 2. The number of amides is 1. The van der Waals surface area contributed by atoms with E-state index in [0.717, 1.165) is 10.8 Å². The summed E-state index contributed by atoms with van der Waals surface area (Å²) in [6.45, 7) is 3.47. The number of carbonyl (C=O) groups excluding carboxylic acids is 1. The molecule has 0 unspecified atom stereocenters. The highest BCUT2D eigenvalue weighted by molar-refractivity contribution is 6.00. The van der Waals surface area contributed by atoms with Crippen molar-refractivity contribution in [2.75, 3.05) is 12.3 Å². The Bertz CT molecular complexity index is 1010. The van der Waals surface area contributed by atoms with Crippen molar-refractivity contribution in [1.82, 2.24) is 4.90 Å². The average Bonchev–Trinajstić information content (AvgIpc) is 2.89. The maximum Gasteiger partial charge on any atom is 0.352 e. The summed E-state index contributed by atoms with van der Waals surface area (Å²) < 4.78 is 5.99. The Kier molecular flexibility index (Phi) is 4.27. The van der Waals surface area contributed by atoms with E-state index < -0.39 is 18.0 Å². The molecule has 0 radical (unpaired) electrons. The third-order valence-electron chi connectivity index (χ3n) is 5.82. The number of carboxylic acids is 1. The van der Waals surface area contributed by atoms with Gasteiger partial charge in [0.15, 0.2) is 0 Å². The Balaban J connectivity index is 1.66. The predicted molar refractivity (Wildman–Crippen MR) is 103 cm³/mol. The number of nitrogens with two attached hydrogens (primary N) is 1. The van der Waals surface area contributed by atoms with Gasteiger partial charge >= 0.3 is 5.97 Å². The number of hydrogen-bond acceptors (Lipinski definition) is 5. The van der Waals surface area contributed by atoms with Crippen LogP contribution in [0.15, 0.2) is 47.7 Å². The van der Waals surface area contributed by atoms with Gasteiger partial charge in [0.1, 0.15) is 18.1 Å². The summed E-state index contributed by atoms with van der Waals surface area (Å²) in [5.41, 5.74) is 7.18. The van der Waals surface area contributed by atoms with E-state index in [-0.39, 0.29) is 30.2 Å². The first-order valence-corrected chi connectivity index (χ1v) is 9.20. The molecule has 146 valence electrons. The van der Waals surface area contributed by atoms with Gasteiger partial charge in [-0.25, -0.2) is 4.79 Å². The Morgan fingerprint density at radius 3 is 2.61 bits per heavy atom. The molecule has 0 saturated carbocycles. The molecule has 7 nitrogen and oxygen atoms in total. The third kappa shape index (κ3) is 2.54. The van der Waals surface area contributed by atoms with Gasteiger partial charge in [-0.05, 0) is 19.1 Å². The molecule has 2 heterocycles. The van der Waals surface area contributed by atoms with Crippen molar-refractivity contribution in [3.05, 3.63) is 47.7 Å². The van der Waals surface area contributed by atoms with Crippen LogP contribution in [0.4, 0.5) is 5.69 Å². The van der Waals surface area contributed by atoms with Gasteiger partial charge in [0.05, 0.1) is 18.1 Å². The maximum atomic E-state index is 12.4. The number of nitrogen functional groups attached to an aromatic ring is 1. The van der Waals surface area contributed by atoms with Gasteiger partial charge < -0.3 is 25.6 Å². The van der Waals surface area contributed by atoms with Crippen LogP contribution >= 0.6 is 0 Å². The third-order valence-corrected chi connectivity index (χ3v) is 5.82. The lowest BCUT2D eigenvalue weighted by Crippen LogP contribution is -2.63. The zero-order valence-electron chi connectivity index (χ0n) is 15.6. The van der Waals surface area contributed by atoms with E-state index in [1.54, 1.807) is 13.0 Å². The first-order valence-electron chi connectivity index (χ1n) is 9.20. The number of carboxylic acid groups (broad SMARTS) is 1. The number of aliphatic hydroxyl groups is 1. The first kappa shape index (κ1) is 18.3. The van der Waals surface area contributed by atoms with Crippen molar-refractivity contribution >= 4 is 28.3 Å². The minimum absolute atomic E-state index is 0.0286. The molecule has 2 aliphatic rings. The Labute approximate surface area is 162 Å². The quantitative estimate of drug-likeness (QED) is 0.538. The monoisotopic (exact) mass is 382 g/mol. The summed E-state index contributed by atoms with van der Waals surface area (Å²) >= 11 is 0. The summed E-state index contributed by atoms with van der Waals surface area (Å²) in [4.78, 5) is 25.5. The minimum atomic E-state index is -1.16. The number of rotatable bonds is 5. The molecule has 0 spiro atoms. The number of anilines is 1. The van der Waals surface area contributed by atoms with Crippen molar-refractivity contribution in [1.29, 1.82) is 0 Å². The number of β-lactam (4-membered cyclic amide) rings is 1. The van der Waals surface area contributed by atoms with E-state index in [1.165, 1.54) is 4.90 Å². The lowest BCUT2D eigenvalue weighted by molar-refractivity contribution is -0.163. The second-order valence-electron chi connectivity index (χ2n) is 7.42. The first-order chi connectivity index (χ1) is 13.3. The fourth-order valence-electron chi connectivity index (χ4n) is 4.42. The number of nitrogens with zero attached hydrogens (tertiary/aromatic N) is 1. The summed E-state index contributed by atoms with van der Waals surface area (Å²) in [5, 5.41) is 21.3. The molecular weight excluding hydrogens is 360 g/mol. The molecule has 0 aliphatic carbocycles. The van der Waals surface area contributed by atoms with Crippen LogP contribution in [-0.2, 0) is 9.59 Å². The minimum Gasteiger partial charge on any atom is -0.488 e. The molecule has 4 N–H and O–H groups in total. The molecular formula is C21H22N2O5. The van der Waals surface area contributed by atoms with Crippen LogP contribution in [0.2, 0.25) is 0 Å². The highest BCUT2D eigenvalue weighted by Crippen LogP contribution is 2.47. The fourth-order valence-corrected chi connectivity index (χ4v) is 4.42. The molecule has 2 aliphatic heterocycles. The summed E-state index contributed by atoms with van der Waals surface area (Å²) in [6.07, 6.45) is -0.826. The Hall–Kier alpha value is -3.06. The number of hydrogen-bond donors (Lipinski definition) is 3. The van der Waals surface area contributed by atoms with Crippen LogP contribution in [0, 0.1) is 11.8 Å². The molecule has 4 atom stereocenters. The zero-order valence-corrected chi connectivity index (χ0v) is 15.6. The lowest BCUT2D eigenvalue weighted by atomic mass is 9.78. The Morgan fingerprint density at radius 2 is 1.93 bits per heavy atom. The molecule has 0 bridgehead atoms. The molecule has 1 fully saturated rings. The van der Waals surface area contributed by atoms with Crippen LogP contribution in [-0.4, -0.2) is 45.7 Å². The van der Waals surface area contributed by atoms with E-state index in [1.807, 2.05) is 37.3 Å². The van der Waals surface area contributed by atoms with Crippen LogP contribution in [0.3, 0.4) is 0 Å². The molecule has 2 aromatic rings. The van der Waals surface area contributed by atoms with Gasteiger partial charge in [-0.1, -0.05) is 31.2 Å². The standard InChI is InChI=1S/C21H22N2O5/c1-10-14(19(21(26)27)23-18(10)17(11(2)24)20(23)25)9-28-16-8-4-5-12-13(16)6-3-7-15(12)22/h3-8,10-11,17-18,24H,9,22H2,1-2H3,(H,26,27)/t10-,11+,17+,18+/m0/s1. The number of carbonyl (C=O) groups is 2. The second-order valence-corrected chi connectivity index (χ2v) is 7.42. The topological polar surface area (TPSA) is 113 Å². The molecule has 1 amide bonds. The average molecular weight is 382 g/mol. The molecule has 7 heteroatoms. The van der Waals surface area contributed by atoms with Crippen molar-refractivity contribution in [3.8, 4) is 5.75 Å². The van der Waals surface area contributed by atoms with Crippen molar-refractivity contribution in [3.63, 3.8) is 0 Å². The van der Waals surface area contributed by atoms with Gasteiger partial charge in [-0.3, -0.25) is 4.79 Å². The van der Waals surface area contributed by atoms with Gasteiger partial charge in [0.2, 0.25) is 5.91 Å². The van der Waals surface area contributed by atoms with E-state index in [9.17, 15) is 19.8 Å². The van der Waals surface area contributed by atoms with Crippen molar-refractivity contribution in [2.45, 2.75) is 26.0 Å². The van der Waals surface area contributed by atoms with Crippen molar-refractivity contribution in [2.24, 2.45) is 11.8 Å². The molecule has 4 rings (SSSR count). The second kappa shape index (κ2) is 6.53. The van der Waals surface area contributed by atoms with E-state index in [2.05, 4.69) is 0 Å². The molecule has 0 aromatic heterocycles. The number of fused-ring (bicyclic) bond motifs is 2. The molecule has 28 heavy (non-hydrogen) atoms. The van der Waals surface area contributed by atoms with Crippen LogP contribution in [0.25, 0.3) is 10.8 Å².